The van der Waals surface area contributed by atoms with E-state index in [1.54, 1.807) is 11.8 Å². The highest BCUT2D eigenvalue weighted by Gasteiger charge is 2.26. The molecule has 0 radical (unpaired) electrons. The van der Waals surface area contributed by atoms with E-state index in [2.05, 4.69) is 10.6 Å². The molecule has 4 nitrogen and oxygen atoms in total. The lowest BCUT2D eigenvalue weighted by atomic mass is 10.2. The van der Waals surface area contributed by atoms with E-state index in [1.807, 2.05) is 30.5 Å². The molecule has 1 saturated heterocycles. The van der Waals surface area contributed by atoms with Crippen LogP contribution in [0.2, 0.25) is 0 Å². The van der Waals surface area contributed by atoms with E-state index in [0.29, 0.717) is 12.8 Å². The van der Waals surface area contributed by atoms with Crippen LogP contribution in [0.5, 0.6) is 0 Å². The fourth-order valence-corrected chi connectivity index (χ4v) is 2.12. The monoisotopic (exact) mass is 250 g/mol. The lowest BCUT2D eigenvalue weighted by molar-refractivity contribution is -0.122. The van der Waals surface area contributed by atoms with Gasteiger partial charge >= 0.3 is 0 Å². The molecule has 1 heterocycles. The van der Waals surface area contributed by atoms with E-state index in [9.17, 15) is 9.59 Å². The molecule has 1 aliphatic heterocycles. The van der Waals surface area contributed by atoms with Crippen LogP contribution >= 0.6 is 11.8 Å². The highest BCUT2D eigenvalue weighted by molar-refractivity contribution is 7.98. The molecule has 1 fully saturated rings. The highest BCUT2D eigenvalue weighted by Crippen LogP contribution is 2.18. The van der Waals surface area contributed by atoms with Gasteiger partial charge in [-0.25, -0.2) is 0 Å². The van der Waals surface area contributed by atoms with E-state index in [4.69, 9.17) is 0 Å². The third kappa shape index (κ3) is 3.00. The minimum atomic E-state index is -0.386. The molecule has 2 rings (SSSR count). The molecule has 0 bridgehead atoms. The average molecular weight is 250 g/mol. The first-order valence-electron chi connectivity index (χ1n) is 5.43. The summed E-state index contributed by atoms with van der Waals surface area (Å²) in [5.41, 5.74) is 0.758. The molecule has 2 amide bonds. The number of carbonyl (C=O) groups is 2. The maximum Gasteiger partial charge on any atom is 0.246 e. The van der Waals surface area contributed by atoms with Gasteiger partial charge in [-0.2, -0.15) is 0 Å². The third-order valence-electron chi connectivity index (χ3n) is 2.67. The Morgan fingerprint density at radius 2 is 2.12 bits per heavy atom. The van der Waals surface area contributed by atoms with Crippen molar-refractivity contribution in [3.63, 3.8) is 0 Å². The molecule has 1 aliphatic rings. The first-order valence-corrected chi connectivity index (χ1v) is 6.66. The molecule has 0 saturated carbocycles. The van der Waals surface area contributed by atoms with Gasteiger partial charge in [-0.15, -0.1) is 11.8 Å². The standard InChI is InChI=1S/C12H14N2O2S/c1-17-9-4-2-8(3-5-9)13-12(16)10-6-7-11(15)14-10/h2-5,10H,6-7H2,1H3,(H,13,16)(H,14,15)/t10-/m1/s1. The Morgan fingerprint density at radius 3 is 2.65 bits per heavy atom. The lowest BCUT2D eigenvalue weighted by Crippen LogP contribution is -2.37. The molecule has 1 aromatic rings. The van der Waals surface area contributed by atoms with Crippen LogP contribution in [0.15, 0.2) is 29.2 Å². The summed E-state index contributed by atoms with van der Waals surface area (Å²) < 4.78 is 0. The summed E-state index contributed by atoms with van der Waals surface area (Å²) in [6.07, 6.45) is 3.01. The average Bonchev–Trinajstić information content (AvgIpc) is 2.77. The quantitative estimate of drug-likeness (QED) is 0.802. The van der Waals surface area contributed by atoms with Crippen molar-refractivity contribution in [3.8, 4) is 0 Å². The van der Waals surface area contributed by atoms with Crippen LogP contribution in [0.3, 0.4) is 0 Å². The summed E-state index contributed by atoms with van der Waals surface area (Å²) in [5.74, 6) is -0.198. The number of thioether (sulfide) groups is 1. The van der Waals surface area contributed by atoms with Gasteiger partial charge in [-0.3, -0.25) is 9.59 Å². The fraction of sp³-hybridized carbons (Fsp3) is 0.333. The number of amides is 2. The van der Waals surface area contributed by atoms with Gasteiger partial charge in [0, 0.05) is 17.0 Å². The number of benzene rings is 1. The third-order valence-corrected chi connectivity index (χ3v) is 3.41. The molecule has 2 N–H and O–H groups in total. The number of nitrogens with one attached hydrogen (secondary N) is 2. The van der Waals surface area contributed by atoms with Crippen LogP contribution in [-0.4, -0.2) is 24.1 Å². The van der Waals surface area contributed by atoms with Gasteiger partial charge in [0.25, 0.3) is 0 Å². The largest absolute Gasteiger partial charge is 0.344 e. The van der Waals surface area contributed by atoms with Crippen molar-refractivity contribution in [2.24, 2.45) is 0 Å². The van der Waals surface area contributed by atoms with E-state index >= 15 is 0 Å². The van der Waals surface area contributed by atoms with E-state index in [-0.39, 0.29) is 17.9 Å². The summed E-state index contributed by atoms with van der Waals surface area (Å²) in [6.45, 7) is 0. The predicted octanol–water partition coefficient (Wildman–Crippen LogP) is 1.63. The Labute approximate surface area is 104 Å². The number of hydrogen-bond donors (Lipinski definition) is 2. The summed E-state index contributed by atoms with van der Waals surface area (Å²) in [5, 5.41) is 5.43. The first-order chi connectivity index (χ1) is 8.19. The maximum atomic E-state index is 11.8. The molecule has 1 aromatic carbocycles. The second-order valence-electron chi connectivity index (χ2n) is 3.88. The van der Waals surface area contributed by atoms with Crippen molar-refractivity contribution < 1.29 is 9.59 Å². The zero-order valence-corrected chi connectivity index (χ0v) is 10.3. The van der Waals surface area contributed by atoms with Gasteiger partial charge < -0.3 is 10.6 Å². The van der Waals surface area contributed by atoms with Gasteiger partial charge in [0.05, 0.1) is 0 Å². The molecule has 90 valence electrons. The van der Waals surface area contributed by atoms with Crippen molar-refractivity contribution in [1.82, 2.24) is 5.32 Å². The van der Waals surface area contributed by atoms with Gasteiger partial charge in [0.2, 0.25) is 11.8 Å². The minimum Gasteiger partial charge on any atom is -0.344 e. The lowest BCUT2D eigenvalue weighted by Gasteiger charge is -2.11. The Kier molecular flexibility index (Phi) is 3.68. The zero-order valence-electron chi connectivity index (χ0n) is 9.53. The van der Waals surface area contributed by atoms with Crippen LogP contribution < -0.4 is 10.6 Å². The Bertz CT molecular complexity index is 431. The van der Waals surface area contributed by atoms with Gasteiger partial charge in [0.1, 0.15) is 6.04 Å². The highest BCUT2D eigenvalue weighted by atomic mass is 32.2. The number of carbonyl (C=O) groups excluding carboxylic acids is 2. The van der Waals surface area contributed by atoms with Crippen LogP contribution in [0.4, 0.5) is 5.69 Å². The summed E-state index contributed by atoms with van der Waals surface area (Å²) >= 11 is 1.65. The zero-order chi connectivity index (χ0) is 12.3. The molecule has 0 aliphatic carbocycles. The number of hydrogen-bond acceptors (Lipinski definition) is 3. The van der Waals surface area contributed by atoms with Crippen molar-refractivity contribution in [3.05, 3.63) is 24.3 Å². The molecule has 5 heteroatoms. The molecular formula is C12H14N2O2S. The van der Waals surface area contributed by atoms with Crippen molar-refractivity contribution in [2.45, 2.75) is 23.8 Å². The maximum absolute atomic E-state index is 11.8. The second-order valence-corrected chi connectivity index (χ2v) is 4.76. The molecule has 0 aromatic heterocycles. The normalized spacial score (nSPS) is 18.9. The predicted molar refractivity (Wildman–Crippen MR) is 68.0 cm³/mol. The van der Waals surface area contributed by atoms with E-state index in [0.717, 1.165) is 10.6 Å². The van der Waals surface area contributed by atoms with Crippen LogP contribution in [-0.2, 0) is 9.59 Å². The number of anilines is 1. The van der Waals surface area contributed by atoms with Crippen LogP contribution in [0.1, 0.15) is 12.8 Å². The van der Waals surface area contributed by atoms with Gasteiger partial charge in [-0.1, -0.05) is 0 Å². The molecule has 0 spiro atoms. The van der Waals surface area contributed by atoms with Gasteiger partial charge in [0.15, 0.2) is 0 Å². The van der Waals surface area contributed by atoms with Crippen LogP contribution in [0.25, 0.3) is 0 Å². The summed E-state index contributed by atoms with van der Waals surface area (Å²) in [4.78, 5) is 23.9. The van der Waals surface area contributed by atoms with Gasteiger partial charge in [-0.05, 0) is 36.9 Å². The molecule has 1 atom stereocenters. The smallest absolute Gasteiger partial charge is 0.246 e. The van der Waals surface area contributed by atoms with Crippen LogP contribution in [0, 0.1) is 0 Å². The summed E-state index contributed by atoms with van der Waals surface area (Å²) in [6, 6.07) is 7.24. The Morgan fingerprint density at radius 1 is 1.41 bits per heavy atom. The SMILES string of the molecule is CSc1ccc(NC(=O)[C@H]2CCC(=O)N2)cc1. The van der Waals surface area contributed by atoms with E-state index < -0.39 is 0 Å². The van der Waals surface area contributed by atoms with Crippen molar-refractivity contribution in [1.29, 1.82) is 0 Å². The molecule has 17 heavy (non-hydrogen) atoms. The topological polar surface area (TPSA) is 58.2 Å². The molecule has 0 unspecified atom stereocenters. The second kappa shape index (κ2) is 5.23. The van der Waals surface area contributed by atoms with Crippen molar-refractivity contribution >= 4 is 29.3 Å². The first kappa shape index (κ1) is 12.0. The minimum absolute atomic E-state index is 0.0529. The number of rotatable bonds is 3. The Hall–Kier alpha value is -1.49. The fourth-order valence-electron chi connectivity index (χ4n) is 1.71. The van der Waals surface area contributed by atoms with E-state index in [1.165, 1.54) is 0 Å². The Balaban J connectivity index is 1.95. The van der Waals surface area contributed by atoms with Crippen molar-refractivity contribution in [2.75, 3.05) is 11.6 Å². The molecular weight excluding hydrogens is 236 g/mol. The summed E-state index contributed by atoms with van der Waals surface area (Å²) in [7, 11) is 0.